The Labute approximate surface area is 611 Å². The topological polar surface area (TPSA) is 132 Å². The first-order valence-corrected chi connectivity index (χ1v) is 36.4. The monoisotopic (exact) mass is 1390 g/mol. The lowest BCUT2D eigenvalue weighted by Gasteiger charge is -2.46. The summed E-state index contributed by atoms with van der Waals surface area (Å²) < 4.78 is 29.3. The normalized spacial score (nSPS) is 25.4. The zero-order valence-electron chi connectivity index (χ0n) is 61.7. The summed E-state index contributed by atoms with van der Waals surface area (Å²) in [6, 6.07) is 0. The Morgan fingerprint density at radius 2 is 0.639 bits per heavy atom. The fourth-order valence-corrected chi connectivity index (χ4v) is 14.2. The molecule has 7 saturated carbocycles. The van der Waals surface area contributed by atoms with Crippen molar-refractivity contribution in [2.75, 3.05) is 0 Å². The first-order valence-electron chi connectivity index (χ1n) is 36.4. The van der Waals surface area contributed by atoms with Gasteiger partial charge in [-0.05, 0) is 261 Å². The molecule has 7 fully saturated rings. The lowest BCUT2D eigenvalue weighted by Crippen LogP contribution is -2.49. The average molecular weight is 1390 g/mol. The standard InChI is InChI=1S/C17H30O2.2C15H28O2.C14H24O2.C14H26O2.C2H6.10CH4/c1-8-14(2,3)13(18)19-17(7)11-12-9-10-16(17,6)15(12,4)5;1-13(2)14(16)17-15(3)11-9-7-5-4-6-8-10-12-15;1-5-14(2,3)13(16)17-15(4)11-9-7-6-8-10-12-15;1-5-13(2,3)12(15)16-14(4)9-10-6-7-11(14)8-10;1-5-13(2,3)12(15)16-14(4)10-8-6-7-9-11-14;1-2;;;;;;;;;;/h12H,8-11H2,1-7H3;13H,4-12H2,1-3H3;5-12H2,1-4H3;10-11H,5-9H2,1-4H3;5-11H2,1-4H3;1-2H3;10*1H4. The van der Waals surface area contributed by atoms with Gasteiger partial charge in [-0.3, -0.25) is 24.0 Å². The van der Waals surface area contributed by atoms with Crippen LogP contribution in [0.1, 0.15) is 452 Å². The number of rotatable bonds is 14. The van der Waals surface area contributed by atoms with Crippen molar-refractivity contribution in [3.63, 3.8) is 0 Å². The molecule has 0 N–H and O–H groups in total. The summed E-state index contributed by atoms with van der Waals surface area (Å²) in [7, 11) is 0. The van der Waals surface area contributed by atoms with Crippen LogP contribution in [0.4, 0.5) is 0 Å². The molecular weight excluding hydrogens is 1200 g/mol. The van der Waals surface area contributed by atoms with Crippen molar-refractivity contribution in [2.24, 2.45) is 56.2 Å². The Balaban J connectivity index is -0.000000138. The molecule has 0 aromatic carbocycles. The Kier molecular flexibility index (Phi) is 56.2. The Bertz CT molecular complexity index is 2070. The van der Waals surface area contributed by atoms with E-state index in [9.17, 15) is 24.0 Å². The molecule has 10 nitrogen and oxygen atoms in total. The molecule has 6 unspecified atom stereocenters. The van der Waals surface area contributed by atoms with Gasteiger partial charge < -0.3 is 23.7 Å². The molecular formula is C87H182O10. The predicted octanol–water partition coefficient (Wildman–Crippen LogP) is 28.5. The van der Waals surface area contributed by atoms with Gasteiger partial charge >= 0.3 is 29.8 Å². The van der Waals surface area contributed by atoms with Crippen molar-refractivity contribution in [1.29, 1.82) is 0 Å². The van der Waals surface area contributed by atoms with E-state index in [1.54, 1.807) is 0 Å². The van der Waals surface area contributed by atoms with Gasteiger partial charge in [-0.1, -0.05) is 215 Å². The fourth-order valence-electron chi connectivity index (χ4n) is 14.2. The molecule has 0 radical (unpaired) electrons. The number of carbonyl (C=O) groups is 5. The van der Waals surface area contributed by atoms with Crippen LogP contribution in [-0.2, 0) is 47.7 Å². The maximum Gasteiger partial charge on any atom is 0.312 e. The zero-order chi connectivity index (χ0) is 66.6. The lowest BCUT2D eigenvalue weighted by atomic mass is 9.65. The molecule has 6 atom stereocenters. The van der Waals surface area contributed by atoms with Gasteiger partial charge in [-0.25, -0.2) is 0 Å². The highest BCUT2D eigenvalue weighted by atomic mass is 16.6. The van der Waals surface area contributed by atoms with E-state index in [4.69, 9.17) is 23.7 Å². The molecule has 10 heteroatoms. The highest BCUT2D eigenvalue weighted by molar-refractivity contribution is 5.78. The summed E-state index contributed by atoms with van der Waals surface area (Å²) in [6.45, 7) is 49.5. The average Bonchev–Trinajstić information content (AvgIpc) is 1.54. The van der Waals surface area contributed by atoms with Crippen LogP contribution in [0.5, 0.6) is 0 Å². The van der Waals surface area contributed by atoms with E-state index in [2.05, 4.69) is 62.3 Å². The van der Waals surface area contributed by atoms with E-state index in [1.807, 2.05) is 104 Å². The van der Waals surface area contributed by atoms with Crippen molar-refractivity contribution in [2.45, 2.75) is 480 Å². The molecule has 590 valence electrons. The maximum absolute atomic E-state index is 12.5. The number of hydrogen-bond acceptors (Lipinski definition) is 10. The SMILES string of the molecule is C.C.C.C.C.C.C.C.C.C.CC.CC(C)C(=O)OC1(C)CCCCCCCCC1.CCC(C)(C)C(=O)OC1(C)CC2CCC1(C)C2(C)C.CCC(C)(C)C(=O)OC1(C)CC2CCC1C2.CCC(C)(C)C(=O)OC1(C)CCCCCC1.CCC(C)(C)C(=O)OC1(C)CCCCCCC1. The largest absolute Gasteiger partial charge is 0.459 e. The number of hydrogen-bond donors (Lipinski definition) is 0. The van der Waals surface area contributed by atoms with E-state index in [1.165, 1.54) is 135 Å². The van der Waals surface area contributed by atoms with E-state index >= 15 is 0 Å². The van der Waals surface area contributed by atoms with Crippen molar-refractivity contribution in [3.8, 4) is 0 Å². The summed E-state index contributed by atoms with van der Waals surface area (Å²) in [5, 5.41) is 0. The molecule has 0 saturated heterocycles. The molecule has 7 rings (SSSR count). The number of esters is 5. The molecule has 0 amide bonds. The van der Waals surface area contributed by atoms with Gasteiger partial charge in [0.1, 0.15) is 28.0 Å². The second kappa shape index (κ2) is 48.3. The van der Waals surface area contributed by atoms with E-state index in [0.717, 1.165) is 83.0 Å². The van der Waals surface area contributed by atoms with Gasteiger partial charge in [0.2, 0.25) is 0 Å². The number of ether oxygens (including phenoxy) is 5. The molecule has 7 aliphatic rings. The van der Waals surface area contributed by atoms with E-state index < -0.39 is 0 Å². The van der Waals surface area contributed by atoms with Gasteiger partial charge in [-0.15, -0.1) is 0 Å². The van der Waals surface area contributed by atoms with Crippen LogP contribution in [0.15, 0.2) is 0 Å². The molecule has 0 heterocycles. The first kappa shape index (κ1) is 113. The Morgan fingerprint density at radius 3 is 0.876 bits per heavy atom. The molecule has 0 spiro atoms. The van der Waals surface area contributed by atoms with Crippen LogP contribution in [0.3, 0.4) is 0 Å². The summed E-state index contributed by atoms with van der Waals surface area (Å²) in [5.41, 5.74) is -2.07. The van der Waals surface area contributed by atoms with Gasteiger partial charge in [0, 0.05) is 5.41 Å². The molecule has 0 aliphatic heterocycles. The third kappa shape index (κ3) is 32.7. The number of fused-ring (bicyclic) bond motifs is 4. The van der Waals surface area contributed by atoms with Crippen LogP contribution in [0.25, 0.3) is 0 Å². The van der Waals surface area contributed by atoms with Gasteiger partial charge in [-0.2, -0.15) is 0 Å². The Hall–Kier alpha value is -2.65. The quantitative estimate of drug-likeness (QED) is 0.0941. The second-order valence-corrected chi connectivity index (χ2v) is 33.2. The van der Waals surface area contributed by atoms with Gasteiger partial charge in [0.25, 0.3) is 0 Å². The highest BCUT2D eigenvalue weighted by Crippen LogP contribution is 2.71. The third-order valence-corrected chi connectivity index (χ3v) is 23.7. The van der Waals surface area contributed by atoms with Crippen molar-refractivity contribution < 1.29 is 47.7 Å². The van der Waals surface area contributed by atoms with E-state index in [0.29, 0.717) is 11.8 Å². The lowest BCUT2D eigenvalue weighted by molar-refractivity contribution is -0.185. The van der Waals surface area contributed by atoms with Gasteiger partial charge in [0.15, 0.2) is 0 Å². The van der Waals surface area contributed by atoms with Crippen molar-refractivity contribution >= 4 is 29.8 Å². The predicted molar refractivity (Wildman–Crippen MR) is 429 cm³/mol. The minimum atomic E-state index is -0.370. The van der Waals surface area contributed by atoms with Crippen LogP contribution < -0.4 is 0 Å². The summed E-state index contributed by atoms with van der Waals surface area (Å²) in [4.78, 5) is 60.5. The minimum absolute atomic E-state index is 0. The molecule has 0 aromatic heterocycles. The smallest absolute Gasteiger partial charge is 0.312 e. The van der Waals surface area contributed by atoms with Crippen molar-refractivity contribution in [3.05, 3.63) is 0 Å². The summed E-state index contributed by atoms with van der Waals surface area (Å²) >= 11 is 0. The van der Waals surface area contributed by atoms with Gasteiger partial charge in [0.05, 0.1) is 27.6 Å². The number of carbonyl (C=O) groups excluding carboxylic acids is 5. The third-order valence-electron chi connectivity index (χ3n) is 23.7. The summed E-state index contributed by atoms with van der Waals surface area (Å²) in [5.74, 6) is 1.99. The zero-order valence-corrected chi connectivity index (χ0v) is 61.7. The Morgan fingerprint density at radius 1 is 0.361 bits per heavy atom. The maximum atomic E-state index is 12.5. The molecule has 7 aliphatic carbocycles. The van der Waals surface area contributed by atoms with Crippen LogP contribution in [0.2, 0.25) is 0 Å². The van der Waals surface area contributed by atoms with Crippen LogP contribution >= 0.6 is 0 Å². The minimum Gasteiger partial charge on any atom is -0.459 e. The molecule has 4 bridgehead atoms. The van der Waals surface area contributed by atoms with Crippen LogP contribution in [0, 0.1) is 56.2 Å². The summed E-state index contributed by atoms with van der Waals surface area (Å²) in [6.07, 6.45) is 38.2. The highest BCUT2D eigenvalue weighted by Gasteiger charge is 2.69. The first-order chi connectivity index (χ1) is 40.2. The van der Waals surface area contributed by atoms with Crippen molar-refractivity contribution in [1.82, 2.24) is 0 Å². The van der Waals surface area contributed by atoms with E-state index in [-0.39, 0.29) is 171 Å². The molecule has 0 aromatic rings. The van der Waals surface area contributed by atoms with Crippen LogP contribution in [-0.4, -0.2) is 57.9 Å². The second-order valence-electron chi connectivity index (χ2n) is 33.2. The molecule has 97 heavy (non-hydrogen) atoms. The fraction of sp³-hybridized carbons (Fsp3) is 0.943.